The summed E-state index contributed by atoms with van der Waals surface area (Å²) >= 11 is 0. The molecule has 3 aromatic rings. The van der Waals surface area contributed by atoms with Crippen LogP contribution < -0.4 is 10.5 Å². The third-order valence-electron chi connectivity index (χ3n) is 5.35. The first-order valence-corrected chi connectivity index (χ1v) is 9.57. The van der Waals surface area contributed by atoms with E-state index in [4.69, 9.17) is 29.7 Å². The molecule has 8 nitrogen and oxygen atoms in total. The maximum Gasteiger partial charge on any atom is 0.135 e. The molecule has 0 saturated carbocycles. The van der Waals surface area contributed by atoms with E-state index in [2.05, 4.69) is 11.1 Å². The highest BCUT2D eigenvalue weighted by molar-refractivity contribution is 5.81. The molecule has 8 heteroatoms. The zero-order valence-corrected chi connectivity index (χ0v) is 17.0. The van der Waals surface area contributed by atoms with Crippen LogP contribution in [-0.4, -0.2) is 55.0 Å². The lowest BCUT2D eigenvalue weighted by atomic mass is 9.97. The number of hydrogen-bond acceptors (Lipinski definition) is 7. The Morgan fingerprint density at radius 1 is 1.21 bits per heavy atom. The zero-order chi connectivity index (χ0) is 20.4. The number of pyridine rings is 1. The van der Waals surface area contributed by atoms with E-state index in [1.54, 1.807) is 20.5 Å². The van der Waals surface area contributed by atoms with Crippen LogP contribution >= 0.6 is 0 Å². The monoisotopic (exact) mass is 398 g/mol. The topological polar surface area (TPSA) is 93.1 Å². The number of rotatable bonds is 7. The minimum absolute atomic E-state index is 0.447. The third kappa shape index (κ3) is 3.66. The van der Waals surface area contributed by atoms with Gasteiger partial charge in [-0.25, -0.2) is 9.97 Å². The van der Waals surface area contributed by atoms with Gasteiger partial charge in [0.15, 0.2) is 0 Å². The SMILES string of the molecule is COCCOc1cc(-c2cc(C)n3cnc(N)cc23)nc([C@@]2(OC)CCOC2)c1. The fourth-order valence-corrected chi connectivity index (χ4v) is 3.70. The molecule has 3 aromatic heterocycles. The van der Waals surface area contributed by atoms with Crippen molar-refractivity contribution < 1.29 is 18.9 Å². The Hall–Kier alpha value is -2.68. The summed E-state index contributed by atoms with van der Waals surface area (Å²) < 4.78 is 24.5. The molecule has 0 amide bonds. The van der Waals surface area contributed by atoms with Crippen molar-refractivity contribution in [3.63, 3.8) is 0 Å². The maximum absolute atomic E-state index is 5.94. The molecular formula is C21H26N4O4. The third-order valence-corrected chi connectivity index (χ3v) is 5.35. The Labute approximate surface area is 169 Å². The average molecular weight is 398 g/mol. The van der Waals surface area contributed by atoms with Gasteiger partial charge in [0.1, 0.15) is 30.1 Å². The summed E-state index contributed by atoms with van der Waals surface area (Å²) in [6.45, 7) is 4.07. The number of nitrogen functional groups attached to an aromatic ring is 1. The van der Waals surface area contributed by atoms with Crippen LogP contribution in [0.4, 0.5) is 5.82 Å². The van der Waals surface area contributed by atoms with E-state index in [0.29, 0.717) is 38.0 Å². The molecule has 29 heavy (non-hydrogen) atoms. The van der Waals surface area contributed by atoms with Gasteiger partial charge < -0.3 is 29.1 Å². The number of hydrogen-bond donors (Lipinski definition) is 1. The van der Waals surface area contributed by atoms with Crippen molar-refractivity contribution >= 4 is 11.3 Å². The van der Waals surface area contributed by atoms with E-state index >= 15 is 0 Å². The predicted molar refractivity (Wildman–Crippen MR) is 109 cm³/mol. The quantitative estimate of drug-likeness (QED) is 0.612. The minimum atomic E-state index is -0.583. The molecule has 1 fully saturated rings. The lowest BCUT2D eigenvalue weighted by Crippen LogP contribution is -2.30. The molecule has 0 aromatic carbocycles. The molecule has 0 radical (unpaired) electrons. The second-order valence-corrected chi connectivity index (χ2v) is 7.18. The lowest BCUT2D eigenvalue weighted by molar-refractivity contribution is -0.0247. The molecule has 0 aliphatic carbocycles. The van der Waals surface area contributed by atoms with Gasteiger partial charge in [-0.3, -0.25) is 0 Å². The van der Waals surface area contributed by atoms with E-state index in [1.807, 2.05) is 29.5 Å². The fourth-order valence-electron chi connectivity index (χ4n) is 3.70. The highest BCUT2D eigenvalue weighted by atomic mass is 16.6. The number of fused-ring (bicyclic) bond motifs is 1. The highest BCUT2D eigenvalue weighted by Gasteiger charge is 2.39. The predicted octanol–water partition coefficient (Wildman–Crippen LogP) is 2.57. The van der Waals surface area contributed by atoms with Crippen LogP contribution in [0, 0.1) is 6.92 Å². The Bertz CT molecular complexity index is 1010. The van der Waals surface area contributed by atoms with Crippen LogP contribution in [0.2, 0.25) is 0 Å². The largest absolute Gasteiger partial charge is 0.491 e. The van der Waals surface area contributed by atoms with Gasteiger partial charge in [-0.15, -0.1) is 0 Å². The number of anilines is 1. The van der Waals surface area contributed by atoms with Gasteiger partial charge in [0.2, 0.25) is 0 Å². The van der Waals surface area contributed by atoms with Crippen LogP contribution in [0.1, 0.15) is 17.8 Å². The van der Waals surface area contributed by atoms with E-state index in [0.717, 1.165) is 34.6 Å². The van der Waals surface area contributed by atoms with Crippen molar-refractivity contribution in [2.24, 2.45) is 0 Å². The van der Waals surface area contributed by atoms with Crippen LogP contribution in [-0.2, 0) is 19.8 Å². The Balaban J connectivity index is 1.85. The van der Waals surface area contributed by atoms with Crippen LogP contribution in [0.15, 0.2) is 30.6 Å². The number of methoxy groups -OCH3 is 2. The van der Waals surface area contributed by atoms with Crippen LogP contribution in [0.5, 0.6) is 5.75 Å². The molecular weight excluding hydrogens is 372 g/mol. The number of aryl methyl sites for hydroxylation is 1. The van der Waals surface area contributed by atoms with Gasteiger partial charge in [0.05, 0.1) is 30.1 Å². The zero-order valence-electron chi connectivity index (χ0n) is 17.0. The van der Waals surface area contributed by atoms with Gasteiger partial charge in [-0.1, -0.05) is 0 Å². The van der Waals surface area contributed by atoms with Gasteiger partial charge in [-0.2, -0.15) is 0 Å². The molecule has 1 atom stereocenters. The van der Waals surface area contributed by atoms with Gasteiger partial charge in [-0.05, 0) is 13.0 Å². The number of nitrogens with zero attached hydrogens (tertiary/aromatic N) is 3. The first-order valence-electron chi connectivity index (χ1n) is 9.57. The summed E-state index contributed by atoms with van der Waals surface area (Å²) in [5.41, 5.74) is 9.88. The normalized spacial score (nSPS) is 19.1. The van der Waals surface area contributed by atoms with Gasteiger partial charge >= 0.3 is 0 Å². The summed E-state index contributed by atoms with van der Waals surface area (Å²) in [7, 11) is 3.34. The van der Waals surface area contributed by atoms with Crippen molar-refractivity contribution in [1.82, 2.24) is 14.4 Å². The number of aromatic nitrogens is 3. The van der Waals surface area contributed by atoms with Crippen molar-refractivity contribution in [2.75, 3.05) is 46.4 Å². The minimum Gasteiger partial charge on any atom is -0.491 e. The van der Waals surface area contributed by atoms with Gasteiger partial charge in [0.25, 0.3) is 0 Å². The molecule has 0 unspecified atom stereocenters. The molecule has 2 N–H and O–H groups in total. The molecule has 0 spiro atoms. The second kappa shape index (κ2) is 7.98. The van der Waals surface area contributed by atoms with Crippen LogP contribution in [0.25, 0.3) is 16.8 Å². The first-order chi connectivity index (χ1) is 14.1. The van der Waals surface area contributed by atoms with E-state index in [1.165, 1.54) is 0 Å². The van der Waals surface area contributed by atoms with Crippen molar-refractivity contribution in [2.45, 2.75) is 18.9 Å². The molecule has 1 saturated heterocycles. The molecule has 0 bridgehead atoms. The Morgan fingerprint density at radius 3 is 2.79 bits per heavy atom. The van der Waals surface area contributed by atoms with E-state index in [-0.39, 0.29) is 0 Å². The van der Waals surface area contributed by atoms with Crippen molar-refractivity contribution in [1.29, 1.82) is 0 Å². The molecule has 4 rings (SSSR count). The second-order valence-electron chi connectivity index (χ2n) is 7.18. The van der Waals surface area contributed by atoms with Crippen LogP contribution in [0.3, 0.4) is 0 Å². The highest BCUT2D eigenvalue weighted by Crippen LogP contribution is 2.37. The standard InChI is InChI=1S/C21H26N4O4/c1-14-8-16(18-11-20(22)23-13-25(14)18)17-9-15(29-7-6-26-2)10-19(24-17)21(27-3)4-5-28-12-21/h8-11,13H,4-7,12,22H2,1-3H3/t21-/m1/s1. The lowest BCUT2D eigenvalue weighted by Gasteiger charge is -2.26. The average Bonchev–Trinajstić information content (AvgIpc) is 3.33. The Morgan fingerprint density at radius 2 is 2.07 bits per heavy atom. The first kappa shape index (κ1) is 19.6. The smallest absolute Gasteiger partial charge is 0.135 e. The Kier molecular flexibility index (Phi) is 5.40. The van der Waals surface area contributed by atoms with Crippen molar-refractivity contribution in [3.8, 4) is 17.0 Å². The summed E-state index contributed by atoms with van der Waals surface area (Å²) in [6.07, 6.45) is 2.47. The summed E-state index contributed by atoms with van der Waals surface area (Å²) in [6, 6.07) is 7.79. The molecule has 154 valence electrons. The van der Waals surface area contributed by atoms with E-state index < -0.39 is 5.60 Å². The molecule has 4 heterocycles. The summed E-state index contributed by atoms with van der Waals surface area (Å²) in [5, 5.41) is 0. The molecule has 1 aliphatic rings. The number of nitrogens with two attached hydrogens (primary N) is 1. The van der Waals surface area contributed by atoms with E-state index in [9.17, 15) is 0 Å². The fraction of sp³-hybridized carbons (Fsp3) is 0.429. The van der Waals surface area contributed by atoms with Gasteiger partial charge in [0, 0.05) is 56.7 Å². The molecule has 1 aliphatic heterocycles. The summed E-state index contributed by atoms with van der Waals surface area (Å²) in [5.74, 6) is 1.17. The number of ether oxygens (including phenoxy) is 4. The maximum atomic E-state index is 5.94. The summed E-state index contributed by atoms with van der Waals surface area (Å²) in [4.78, 5) is 9.15. The van der Waals surface area contributed by atoms with Crippen molar-refractivity contribution in [3.05, 3.63) is 42.0 Å².